The van der Waals surface area contributed by atoms with Crippen molar-refractivity contribution in [3.63, 3.8) is 0 Å². The van der Waals surface area contributed by atoms with E-state index >= 15 is 0 Å². The molecule has 1 aromatic carbocycles. The number of fused-ring (bicyclic) bond motifs is 1. The number of nitrogens with zero attached hydrogens (tertiary/aromatic N) is 2. The van der Waals surface area contributed by atoms with E-state index in [1.165, 1.54) is 12.0 Å². The van der Waals surface area contributed by atoms with E-state index in [1.807, 2.05) is 0 Å². The van der Waals surface area contributed by atoms with Crippen LogP contribution in [0.1, 0.15) is 32.3 Å². The number of rotatable bonds is 8. The summed E-state index contributed by atoms with van der Waals surface area (Å²) in [6.45, 7) is 10.4. The molecule has 2 bridgehead atoms. The van der Waals surface area contributed by atoms with Crippen molar-refractivity contribution in [2.45, 2.75) is 44.9 Å². The zero-order valence-electron chi connectivity index (χ0n) is 16.7. The maximum absolute atomic E-state index is 12.3. The molecule has 4 atom stereocenters. The monoisotopic (exact) mass is 371 g/mol. The Hall–Kier alpha value is -1.43. The summed E-state index contributed by atoms with van der Waals surface area (Å²) in [5, 5.41) is 3.20. The molecule has 3 aliphatic heterocycles. The summed E-state index contributed by atoms with van der Waals surface area (Å²) in [5.41, 5.74) is 1.40. The lowest BCUT2D eigenvalue weighted by atomic mass is 9.73. The van der Waals surface area contributed by atoms with Crippen molar-refractivity contribution >= 4 is 5.91 Å². The highest BCUT2D eigenvalue weighted by Crippen LogP contribution is 2.54. The van der Waals surface area contributed by atoms with Gasteiger partial charge in [-0.05, 0) is 31.5 Å². The number of nitrogens with one attached hydrogen (secondary N) is 1. The van der Waals surface area contributed by atoms with Crippen LogP contribution in [0, 0.1) is 11.8 Å². The Balaban J connectivity index is 1.35. The smallest absolute Gasteiger partial charge is 0.234 e. The predicted molar refractivity (Wildman–Crippen MR) is 106 cm³/mol. The molecule has 1 spiro atoms. The molecule has 5 nitrogen and oxygen atoms in total. The average molecular weight is 372 g/mol. The van der Waals surface area contributed by atoms with Crippen LogP contribution < -0.4 is 5.32 Å². The third kappa shape index (κ3) is 3.78. The fourth-order valence-corrected chi connectivity index (χ4v) is 5.46. The largest absolute Gasteiger partial charge is 0.370 e. The number of amides is 1. The van der Waals surface area contributed by atoms with Crippen molar-refractivity contribution in [2.24, 2.45) is 11.8 Å². The highest BCUT2D eigenvalue weighted by molar-refractivity contribution is 5.78. The van der Waals surface area contributed by atoms with Gasteiger partial charge in [-0.25, -0.2) is 0 Å². The molecule has 1 N–H and O–H groups in total. The highest BCUT2D eigenvalue weighted by atomic mass is 16.5. The molecule has 1 amide bonds. The molecule has 148 valence electrons. The van der Waals surface area contributed by atoms with Crippen LogP contribution in [0.4, 0.5) is 0 Å². The van der Waals surface area contributed by atoms with Gasteiger partial charge in [0, 0.05) is 38.0 Å². The van der Waals surface area contributed by atoms with Gasteiger partial charge in [-0.1, -0.05) is 44.2 Å². The normalized spacial score (nSPS) is 32.2. The Bertz CT molecular complexity index is 648. The third-order valence-corrected chi connectivity index (χ3v) is 6.90. The van der Waals surface area contributed by atoms with Gasteiger partial charge in [0.2, 0.25) is 5.91 Å². The first-order valence-corrected chi connectivity index (χ1v) is 10.6. The Morgan fingerprint density at radius 2 is 2.07 bits per heavy atom. The van der Waals surface area contributed by atoms with Crippen LogP contribution >= 0.6 is 0 Å². The van der Waals surface area contributed by atoms with E-state index in [2.05, 4.69) is 59.3 Å². The van der Waals surface area contributed by atoms with E-state index in [0.717, 1.165) is 45.7 Å². The molecule has 1 aromatic rings. The van der Waals surface area contributed by atoms with Crippen LogP contribution in [0.5, 0.6) is 0 Å². The van der Waals surface area contributed by atoms with E-state index in [4.69, 9.17) is 4.74 Å². The van der Waals surface area contributed by atoms with Gasteiger partial charge in [0.05, 0.1) is 18.2 Å². The lowest BCUT2D eigenvalue weighted by Gasteiger charge is -2.29. The van der Waals surface area contributed by atoms with Gasteiger partial charge in [-0.15, -0.1) is 0 Å². The summed E-state index contributed by atoms with van der Waals surface area (Å²) in [6, 6.07) is 10.7. The first-order valence-electron chi connectivity index (χ1n) is 10.6. The second-order valence-electron chi connectivity index (χ2n) is 8.45. The molecule has 4 rings (SSSR count). The minimum absolute atomic E-state index is 0.0354. The van der Waals surface area contributed by atoms with Crippen molar-refractivity contribution in [1.82, 2.24) is 15.1 Å². The van der Waals surface area contributed by atoms with Crippen LogP contribution in [-0.4, -0.2) is 66.7 Å². The second-order valence-corrected chi connectivity index (χ2v) is 8.45. The number of carbonyl (C=O) groups excluding carboxylic acids is 1. The molecule has 5 heteroatoms. The summed E-state index contributed by atoms with van der Waals surface area (Å²) in [7, 11) is 0. The van der Waals surface area contributed by atoms with Crippen molar-refractivity contribution in [1.29, 1.82) is 0 Å². The van der Waals surface area contributed by atoms with E-state index < -0.39 is 0 Å². The average Bonchev–Trinajstić information content (AvgIpc) is 3.33. The Kier molecular flexibility index (Phi) is 5.53. The molecule has 0 saturated carbocycles. The minimum atomic E-state index is 0.0354. The van der Waals surface area contributed by atoms with Crippen molar-refractivity contribution in [3.05, 3.63) is 35.9 Å². The van der Waals surface area contributed by atoms with Gasteiger partial charge in [-0.2, -0.15) is 0 Å². The molecule has 0 aromatic heterocycles. The maximum Gasteiger partial charge on any atom is 0.234 e. The molecule has 0 unspecified atom stereocenters. The Morgan fingerprint density at radius 1 is 1.30 bits per heavy atom. The number of ether oxygens (including phenoxy) is 1. The van der Waals surface area contributed by atoms with Gasteiger partial charge < -0.3 is 10.1 Å². The first kappa shape index (κ1) is 18.9. The lowest BCUT2D eigenvalue weighted by molar-refractivity contribution is -0.122. The number of carbonyl (C=O) groups is 1. The van der Waals surface area contributed by atoms with Gasteiger partial charge in [-0.3, -0.25) is 14.6 Å². The number of hydrogen-bond donors (Lipinski definition) is 1. The van der Waals surface area contributed by atoms with Crippen LogP contribution in [0.3, 0.4) is 0 Å². The summed E-state index contributed by atoms with van der Waals surface area (Å²) in [5.74, 6) is 1.16. The van der Waals surface area contributed by atoms with Gasteiger partial charge >= 0.3 is 0 Å². The van der Waals surface area contributed by atoms with Gasteiger partial charge in [0.1, 0.15) is 0 Å². The van der Waals surface area contributed by atoms with Gasteiger partial charge in [0.25, 0.3) is 0 Å². The molecule has 3 heterocycles. The molecule has 27 heavy (non-hydrogen) atoms. The topological polar surface area (TPSA) is 44.8 Å². The SMILES string of the molecule is CCN(CC)CC(=O)NC[C@H]1[C@H]2CN(Cc3ccccc3)C[C@]23CC[C@H]1O3. The van der Waals surface area contributed by atoms with Gasteiger partial charge in [0.15, 0.2) is 0 Å². The number of likely N-dealkylation sites (tertiary alicyclic amines) is 1. The lowest BCUT2D eigenvalue weighted by Crippen LogP contribution is -2.44. The molecule has 0 aliphatic carbocycles. The maximum atomic E-state index is 12.3. The third-order valence-electron chi connectivity index (χ3n) is 6.90. The number of likely N-dealkylation sites (N-methyl/N-ethyl adjacent to an activating group) is 1. The molecular formula is C22H33N3O2. The predicted octanol–water partition coefficient (Wildman–Crippen LogP) is 2.12. The van der Waals surface area contributed by atoms with E-state index in [9.17, 15) is 4.79 Å². The molecule has 3 fully saturated rings. The molecule has 0 radical (unpaired) electrons. The summed E-state index contributed by atoms with van der Waals surface area (Å²) in [6.07, 6.45) is 2.66. The standard InChI is InChI=1S/C22H33N3O2/c1-3-24(4-2)15-21(26)23-12-18-19-14-25(13-17-8-6-5-7-9-17)16-22(19)11-10-20(18)27-22/h5-9,18-20H,3-4,10-16H2,1-2H3,(H,23,26)/t18-,19+,20+,22+/m0/s1. The minimum Gasteiger partial charge on any atom is -0.370 e. The van der Waals surface area contributed by atoms with Crippen molar-refractivity contribution < 1.29 is 9.53 Å². The Morgan fingerprint density at radius 3 is 2.81 bits per heavy atom. The van der Waals surface area contributed by atoms with Crippen LogP contribution in [-0.2, 0) is 16.1 Å². The fourth-order valence-electron chi connectivity index (χ4n) is 5.46. The highest BCUT2D eigenvalue weighted by Gasteiger charge is 2.62. The Labute approximate surface area is 163 Å². The van der Waals surface area contributed by atoms with Crippen molar-refractivity contribution in [2.75, 3.05) is 39.3 Å². The van der Waals surface area contributed by atoms with Crippen molar-refractivity contribution in [3.8, 4) is 0 Å². The number of benzene rings is 1. The van der Waals surface area contributed by atoms with Crippen LogP contribution in [0.15, 0.2) is 30.3 Å². The van der Waals surface area contributed by atoms with Crippen LogP contribution in [0.25, 0.3) is 0 Å². The summed E-state index contributed by atoms with van der Waals surface area (Å²) < 4.78 is 6.52. The van der Waals surface area contributed by atoms with E-state index in [0.29, 0.717) is 24.5 Å². The molecule has 3 aliphatic rings. The summed E-state index contributed by atoms with van der Waals surface area (Å²) >= 11 is 0. The summed E-state index contributed by atoms with van der Waals surface area (Å²) in [4.78, 5) is 17.0. The molecular weight excluding hydrogens is 338 g/mol. The zero-order valence-corrected chi connectivity index (χ0v) is 16.7. The number of hydrogen-bond acceptors (Lipinski definition) is 4. The van der Waals surface area contributed by atoms with Crippen LogP contribution in [0.2, 0.25) is 0 Å². The zero-order chi connectivity index (χ0) is 18.9. The van der Waals surface area contributed by atoms with E-state index in [1.54, 1.807) is 0 Å². The van der Waals surface area contributed by atoms with E-state index in [-0.39, 0.29) is 11.5 Å². The second kappa shape index (κ2) is 7.90. The first-order chi connectivity index (χ1) is 13.1. The quantitative estimate of drug-likeness (QED) is 0.760. The fraction of sp³-hybridized carbons (Fsp3) is 0.682. The molecule has 3 saturated heterocycles.